The largest absolute Gasteiger partial charge is 0.247 e. The highest BCUT2D eigenvalue weighted by Gasteiger charge is 2.11. The summed E-state index contributed by atoms with van der Waals surface area (Å²) in [5.41, 5.74) is 1.26. The molecule has 1 rings (SSSR count). The van der Waals surface area contributed by atoms with Crippen LogP contribution < -0.4 is 0 Å². The third kappa shape index (κ3) is 2.63. The van der Waals surface area contributed by atoms with Crippen LogP contribution in [0.1, 0.15) is 18.3 Å². The molecule has 1 aromatic heterocycles. The highest BCUT2D eigenvalue weighted by molar-refractivity contribution is 7.90. The van der Waals surface area contributed by atoms with E-state index in [1.165, 1.54) is 0 Å². The standard InChI is InChI=1S/C9H12N2O2S/c1-4-5-8-6-7(2)10-9(11-8)14(3,12)13/h4-6H,1-3H3/b5-4-. The number of hydrogen-bond acceptors (Lipinski definition) is 4. The summed E-state index contributed by atoms with van der Waals surface area (Å²) in [7, 11) is -3.32. The first-order valence-corrected chi connectivity index (χ1v) is 6.01. The molecule has 0 amide bonds. The number of aryl methyl sites for hydroxylation is 1. The average molecular weight is 212 g/mol. The molecule has 0 spiro atoms. The maximum absolute atomic E-state index is 11.2. The van der Waals surface area contributed by atoms with E-state index < -0.39 is 9.84 Å². The Kier molecular flexibility index (Phi) is 3.00. The predicted molar refractivity (Wildman–Crippen MR) is 54.6 cm³/mol. The average Bonchev–Trinajstić information content (AvgIpc) is 2.02. The van der Waals surface area contributed by atoms with Gasteiger partial charge in [0.2, 0.25) is 15.0 Å². The first-order valence-electron chi connectivity index (χ1n) is 4.12. The van der Waals surface area contributed by atoms with Crippen LogP contribution >= 0.6 is 0 Å². The van der Waals surface area contributed by atoms with Gasteiger partial charge in [-0.2, -0.15) is 0 Å². The van der Waals surface area contributed by atoms with Gasteiger partial charge in [0.25, 0.3) is 0 Å². The van der Waals surface area contributed by atoms with E-state index >= 15 is 0 Å². The summed E-state index contributed by atoms with van der Waals surface area (Å²) in [5, 5.41) is -0.120. The molecule has 4 nitrogen and oxygen atoms in total. The highest BCUT2D eigenvalue weighted by Crippen LogP contribution is 2.07. The lowest BCUT2D eigenvalue weighted by atomic mass is 10.3. The van der Waals surface area contributed by atoms with Gasteiger partial charge in [-0.25, -0.2) is 18.4 Å². The molecule has 0 atom stereocenters. The van der Waals surface area contributed by atoms with Crippen molar-refractivity contribution in [2.75, 3.05) is 6.26 Å². The summed E-state index contributed by atoms with van der Waals surface area (Å²) < 4.78 is 22.4. The van der Waals surface area contributed by atoms with Crippen molar-refractivity contribution in [3.8, 4) is 0 Å². The molecule has 0 aliphatic heterocycles. The van der Waals surface area contributed by atoms with E-state index in [0.29, 0.717) is 11.4 Å². The summed E-state index contributed by atoms with van der Waals surface area (Å²) in [6.45, 7) is 3.58. The van der Waals surface area contributed by atoms with Crippen molar-refractivity contribution in [2.45, 2.75) is 19.0 Å². The van der Waals surface area contributed by atoms with Gasteiger partial charge in [-0.05, 0) is 26.0 Å². The molecule has 1 aromatic rings. The maximum Gasteiger partial charge on any atom is 0.247 e. The SMILES string of the molecule is C/C=C\c1cc(C)nc(S(C)(=O)=O)n1. The van der Waals surface area contributed by atoms with Crippen LogP contribution in [-0.4, -0.2) is 24.6 Å². The zero-order valence-electron chi connectivity index (χ0n) is 8.35. The lowest BCUT2D eigenvalue weighted by molar-refractivity contribution is 0.592. The number of aromatic nitrogens is 2. The summed E-state index contributed by atoms with van der Waals surface area (Å²) in [4.78, 5) is 7.76. The van der Waals surface area contributed by atoms with Gasteiger partial charge < -0.3 is 0 Å². The van der Waals surface area contributed by atoms with E-state index in [1.807, 2.05) is 6.92 Å². The fraction of sp³-hybridized carbons (Fsp3) is 0.333. The molecule has 0 N–H and O–H groups in total. The van der Waals surface area contributed by atoms with Gasteiger partial charge in [0, 0.05) is 11.9 Å². The fourth-order valence-electron chi connectivity index (χ4n) is 0.987. The van der Waals surface area contributed by atoms with Gasteiger partial charge in [0.05, 0.1) is 5.69 Å². The number of sulfone groups is 1. The third-order valence-electron chi connectivity index (χ3n) is 1.52. The second kappa shape index (κ2) is 3.88. The van der Waals surface area contributed by atoms with Crippen molar-refractivity contribution < 1.29 is 8.42 Å². The molecule has 0 saturated carbocycles. The Hall–Kier alpha value is -1.23. The normalized spacial score (nSPS) is 12.2. The Morgan fingerprint density at radius 3 is 2.50 bits per heavy atom. The van der Waals surface area contributed by atoms with Crippen molar-refractivity contribution in [2.24, 2.45) is 0 Å². The van der Waals surface area contributed by atoms with Crippen LogP contribution in [0.2, 0.25) is 0 Å². The van der Waals surface area contributed by atoms with E-state index in [4.69, 9.17) is 0 Å². The van der Waals surface area contributed by atoms with Crippen LogP contribution in [0.15, 0.2) is 17.3 Å². The minimum Gasteiger partial charge on any atom is -0.224 e. The molecule has 1 heterocycles. The Morgan fingerprint density at radius 1 is 1.36 bits per heavy atom. The smallest absolute Gasteiger partial charge is 0.224 e. The topological polar surface area (TPSA) is 59.9 Å². The highest BCUT2D eigenvalue weighted by atomic mass is 32.2. The fourth-order valence-corrected chi connectivity index (χ4v) is 1.57. The molecule has 0 aliphatic rings. The Morgan fingerprint density at radius 2 is 2.00 bits per heavy atom. The Bertz CT molecular complexity index is 464. The Labute approximate surface area is 83.6 Å². The minimum atomic E-state index is -3.32. The van der Waals surface area contributed by atoms with Crippen molar-refractivity contribution in [3.63, 3.8) is 0 Å². The number of allylic oxidation sites excluding steroid dienone is 1. The lowest BCUT2D eigenvalue weighted by Gasteiger charge is -2.00. The van der Waals surface area contributed by atoms with E-state index in [9.17, 15) is 8.42 Å². The van der Waals surface area contributed by atoms with E-state index in [-0.39, 0.29) is 5.16 Å². The molecule has 14 heavy (non-hydrogen) atoms. The van der Waals surface area contributed by atoms with Crippen LogP contribution in [0, 0.1) is 6.92 Å². The van der Waals surface area contributed by atoms with Gasteiger partial charge in [-0.3, -0.25) is 0 Å². The number of hydrogen-bond donors (Lipinski definition) is 0. The first kappa shape index (κ1) is 10.8. The maximum atomic E-state index is 11.2. The number of nitrogens with zero attached hydrogens (tertiary/aromatic N) is 2. The molecule has 5 heteroatoms. The molecule has 0 aliphatic carbocycles. The van der Waals surface area contributed by atoms with Crippen LogP contribution in [0.3, 0.4) is 0 Å². The van der Waals surface area contributed by atoms with Gasteiger partial charge in [-0.1, -0.05) is 6.08 Å². The zero-order valence-corrected chi connectivity index (χ0v) is 9.17. The van der Waals surface area contributed by atoms with Crippen LogP contribution in [0.5, 0.6) is 0 Å². The lowest BCUT2D eigenvalue weighted by Crippen LogP contribution is -2.06. The molecule has 0 radical (unpaired) electrons. The Balaban J connectivity index is 3.35. The van der Waals surface area contributed by atoms with E-state index in [0.717, 1.165) is 6.26 Å². The summed E-state index contributed by atoms with van der Waals surface area (Å²) in [6, 6.07) is 1.73. The molecule has 76 valence electrons. The molecular formula is C9H12N2O2S. The van der Waals surface area contributed by atoms with Crippen LogP contribution in [-0.2, 0) is 9.84 Å². The third-order valence-corrected chi connectivity index (χ3v) is 2.37. The van der Waals surface area contributed by atoms with E-state index in [2.05, 4.69) is 9.97 Å². The van der Waals surface area contributed by atoms with E-state index in [1.54, 1.807) is 25.1 Å². The van der Waals surface area contributed by atoms with Crippen LogP contribution in [0.25, 0.3) is 6.08 Å². The number of rotatable bonds is 2. The first-order chi connectivity index (χ1) is 6.43. The monoisotopic (exact) mass is 212 g/mol. The predicted octanol–water partition coefficient (Wildman–Crippen LogP) is 1.22. The van der Waals surface area contributed by atoms with Crippen molar-refractivity contribution in [1.29, 1.82) is 0 Å². The summed E-state index contributed by atoms with van der Waals surface area (Å²) in [6.07, 6.45) is 4.64. The molecule has 0 fully saturated rings. The zero-order chi connectivity index (χ0) is 10.8. The quantitative estimate of drug-likeness (QED) is 0.692. The van der Waals surface area contributed by atoms with Crippen molar-refractivity contribution in [3.05, 3.63) is 23.5 Å². The molecular weight excluding hydrogens is 200 g/mol. The summed E-state index contributed by atoms with van der Waals surface area (Å²) in [5.74, 6) is 0. The second-order valence-corrected chi connectivity index (χ2v) is 4.90. The second-order valence-electron chi connectivity index (χ2n) is 2.99. The van der Waals surface area contributed by atoms with Gasteiger partial charge in [0.1, 0.15) is 0 Å². The van der Waals surface area contributed by atoms with Gasteiger partial charge in [0.15, 0.2) is 0 Å². The van der Waals surface area contributed by atoms with Crippen molar-refractivity contribution in [1.82, 2.24) is 9.97 Å². The molecule has 0 aromatic carbocycles. The summed E-state index contributed by atoms with van der Waals surface area (Å²) >= 11 is 0. The van der Waals surface area contributed by atoms with Gasteiger partial charge >= 0.3 is 0 Å². The van der Waals surface area contributed by atoms with Crippen molar-refractivity contribution >= 4 is 15.9 Å². The molecule has 0 unspecified atom stereocenters. The molecule has 0 saturated heterocycles. The van der Waals surface area contributed by atoms with Gasteiger partial charge in [-0.15, -0.1) is 0 Å². The minimum absolute atomic E-state index is 0.120. The van der Waals surface area contributed by atoms with Crippen LogP contribution in [0.4, 0.5) is 0 Å². The molecule has 0 bridgehead atoms.